The molecule has 47 heavy (non-hydrogen) atoms. The van der Waals surface area contributed by atoms with Crippen molar-refractivity contribution >= 4 is 27.5 Å². The molecule has 2 amide bonds. The molecule has 0 saturated carbocycles. The highest BCUT2D eigenvalue weighted by Crippen LogP contribution is 2.33. The number of hydrogen-bond donors (Lipinski definition) is 1. The lowest BCUT2D eigenvalue weighted by Crippen LogP contribution is -2.53. The van der Waals surface area contributed by atoms with Crippen LogP contribution in [-0.2, 0) is 32.6 Å². The Morgan fingerprint density at radius 1 is 0.809 bits per heavy atom. The molecular formula is C37H43N3O6S. The molecule has 4 rings (SSSR count). The standard InChI is InChI=1S/C37H43N3O6S/c1-27(2)24-38-37(42)34(23-29-13-7-6-8-14-29)39(25-30-15-11-12-28(3)22-30)36(41)26-40(33-16-9-10-17-35(33)46-5)47(43,44)32-20-18-31(45-4)19-21-32/h6-22,27,34H,23-26H2,1-5H3,(H,38,42)/t34-/m1/s1. The van der Waals surface area contributed by atoms with E-state index in [2.05, 4.69) is 5.32 Å². The van der Waals surface area contributed by atoms with Crippen molar-refractivity contribution in [3.8, 4) is 11.5 Å². The Morgan fingerprint density at radius 3 is 2.11 bits per heavy atom. The zero-order chi connectivity index (χ0) is 34.0. The summed E-state index contributed by atoms with van der Waals surface area (Å²) >= 11 is 0. The van der Waals surface area contributed by atoms with Crippen LogP contribution in [0, 0.1) is 12.8 Å². The van der Waals surface area contributed by atoms with Crippen LogP contribution >= 0.6 is 0 Å². The highest BCUT2D eigenvalue weighted by Gasteiger charge is 2.35. The number of hydrogen-bond acceptors (Lipinski definition) is 6. The van der Waals surface area contributed by atoms with Gasteiger partial charge in [-0.05, 0) is 60.4 Å². The van der Waals surface area contributed by atoms with Crippen LogP contribution in [0.5, 0.6) is 11.5 Å². The minimum absolute atomic E-state index is 0.0299. The molecular weight excluding hydrogens is 614 g/mol. The first kappa shape index (κ1) is 35.0. The molecule has 248 valence electrons. The number of benzene rings is 4. The van der Waals surface area contributed by atoms with Crippen LogP contribution < -0.4 is 19.1 Å². The fraction of sp³-hybridized carbons (Fsp3) is 0.297. The third kappa shape index (κ3) is 9.13. The SMILES string of the molecule is COc1ccc(S(=O)(=O)N(CC(=O)N(Cc2cccc(C)c2)[C@H](Cc2ccccc2)C(=O)NCC(C)C)c2ccccc2OC)cc1. The lowest BCUT2D eigenvalue weighted by Gasteiger charge is -2.34. The lowest BCUT2D eigenvalue weighted by molar-refractivity contribution is -0.140. The van der Waals surface area contributed by atoms with E-state index in [-0.39, 0.29) is 41.1 Å². The van der Waals surface area contributed by atoms with Gasteiger partial charge in [0.05, 0.1) is 24.8 Å². The van der Waals surface area contributed by atoms with Crippen molar-refractivity contribution in [1.29, 1.82) is 0 Å². The van der Waals surface area contributed by atoms with Gasteiger partial charge in [-0.1, -0.05) is 86.1 Å². The normalized spacial score (nSPS) is 11.9. The Bertz CT molecular complexity index is 1740. The molecule has 0 spiro atoms. The van der Waals surface area contributed by atoms with Gasteiger partial charge in [0.15, 0.2) is 0 Å². The summed E-state index contributed by atoms with van der Waals surface area (Å²) in [7, 11) is -1.36. The van der Waals surface area contributed by atoms with E-state index in [0.29, 0.717) is 12.3 Å². The summed E-state index contributed by atoms with van der Waals surface area (Å²) in [5.74, 6) is 0.0935. The van der Waals surface area contributed by atoms with Gasteiger partial charge >= 0.3 is 0 Å². The Hall–Kier alpha value is -4.83. The minimum atomic E-state index is -4.30. The number of para-hydroxylation sites is 2. The van der Waals surface area contributed by atoms with Crippen LogP contribution in [0.15, 0.2) is 108 Å². The van der Waals surface area contributed by atoms with E-state index in [0.717, 1.165) is 21.0 Å². The fourth-order valence-electron chi connectivity index (χ4n) is 5.21. The molecule has 0 bridgehead atoms. The number of sulfonamides is 1. The smallest absolute Gasteiger partial charge is 0.264 e. The number of carbonyl (C=O) groups excluding carboxylic acids is 2. The fourth-order valence-corrected chi connectivity index (χ4v) is 6.63. The molecule has 0 aliphatic heterocycles. The Morgan fingerprint density at radius 2 is 1.47 bits per heavy atom. The molecule has 4 aromatic carbocycles. The van der Waals surface area contributed by atoms with Gasteiger partial charge in [0.25, 0.3) is 10.0 Å². The second kappa shape index (κ2) is 16.1. The summed E-state index contributed by atoms with van der Waals surface area (Å²) in [5.41, 5.74) is 2.87. The van der Waals surface area contributed by atoms with E-state index >= 15 is 0 Å². The molecule has 0 radical (unpaired) electrons. The number of ether oxygens (including phenoxy) is 2. The van der Waals surface area contributed by atoms with Gasteiger partial charge in [0.1, 0.15) is 24.1 Å². The van der Waals surface area contributed by atoms with Gasteiger partial charge in [-0.25, -0.2) is 8.42 Å². The van der Waals surface area contributed by atoms with Crippen molar-refractivity contribution in [2.24, 2.45) is 5.92 Å². The van der Waals surface area contributed by atoms with Crippen molar-refractivity contribution < 1.29 is 27.5 Å². The summed E-state index contributed by atoms with van der Waals surface area (Å²) in [4.78, 5) is 30.0. The number of nitrogens with zero attached hydrogens (tertiary/aromatic N) is 2. The first-order valence-electron chi connectivity index (χ1n) is 15.5. The first-order chi connectivity index (χ1) is 22.5. The van der Waals surface area contributed by atoms with Gasteiger partial charge in [0, 0.05) is 19.5 Å². The summed E-state index contributed by atoms with van der Waals surface area (Å²) in [5, 5.41) is 3.01. The highest BCUT2D eigenvalue weighted by molar-refractivity contribution is 7.92. The van der Waals surface area contributed by atoms with Crippen LogP contribution in [0.1, 0.15) is 30.5 Å². The number of aryl methyl sites for hydroxylation is 1. The maximum atomic E-state index is 14.6. The molecule has 0 saturated heterocycles. The molecule has 1 atom stereocenters. The van der Waals surface area contributed by atoms with Gasteiger partial charge in [0.2, 0.25) is 11.8 Å². The maximum Gasteiger partial charge on any atom is 0.264 e. The summed E-state index contributed by atoms with van der Waals surface area (Å²) in [6.07, 6.45) is 0.238. The molecule has 0 heterocycles. The quantitative estimate of drug-likeness (QED) is 0.178. The van der Waals surface area contributed by atoms with E-state index < -0.39 is 28.5 Å². The van der Waals surface area contributed by atoms with E-state index in [1.807, 2.05) is 75.4 Å². The molecule has 0 aliphatic rings. The Balaban J connectivity index is 1.83. The third-order valence-corrected chi connectivity index (χ3v) is 9.45. The van der Waals surface area contributed by atoms with E-state index in [9.17, 15) is 18.0 Å². The molecule has 10 heteroatoms. The molecule has 1 N–H and O–H groups in total. The zero-order valence-electron chi connectivity index (χ0n) is 27.6. The lowest BCUT2D eigenvalue weighted by atomic mass is 10.0. The average molecular weight is 658 g/mol. The molecule has 9 nitrogen and oxygen atoms in total. The van der Waals surface area contributed by atoms with E-state index in [1.165, 1.54) is 31.3 Å². The predicted molar refractivity (Wildman–Crippen MR) is 184 cm³/mol. The maximum absolute atomic E-state index is 14.6. The number of amides is 2. The molecule has 0 unspecified atom stereocenters. The van der Waals surface area contributed by atoms with Crippen molar-refractivity contribution in [3.05, 3.63) is 120 Å². The van der Waals surface area contributed by atoms with Gasteiger partial charge in [-0.2, -0.15) is 0 Å². The first-order valence-corrected chi connectivity index (χ1v) is 16.9. The topological polar surface area (TPSA) is 105 Å². The largest absolute Gasteiger partial charge is 0.497 e. The second-order valence-electron chi connectivity index (χ2n) is 11.7. The Labute approximate surface area is 278 Å². The number of methoxy groups -OCH3 is 2. The number of carbonyl (C=O) groups is 2. The monoisotopic (exact) mass is 657 g/mol. The predicted octanol–water partition coefficient (Wildman–Crippen LogP) is 5.62. The molecule has 0 fully saturated rings. The van der Waals surface area contributed by atoms with E-state index in [1.54, 1.807) is 36.4 Å². The van der Waals surface area contributed by atoms with Gasteiger partial charge in [-0.15, -0.1) is 0 Å². The summed E-state index contributed by atoms with van der Waals surface area (Å²) in [6, 6.07) is 28.9. The molecule has 0 aliphatic carbocycles. The zero-order valence-corrected chi connectivity index (χ0v) is 28.4. The molecule has 0 aromatic heterocycles. The van der Waals surface area contributed by atoms with Crippen LogP contribution in [0.4, 0.5) is 5.69 Å². The number of anilines is 1. The summed E-state index contributed by atoms with van der Waals surface area (Å²) in [6.45, 7) is 5.89. The number of nitrogens with one attached hydrogen (secondary N) is 1. The van der Waals surface area contributed by atoms with Gasteiger partial charge in [-0.3, -0.25) is 13.9 Å². The van der Waals surface area contributed by atoms with Crippen LogP contribution in [-0.4, -0.2) is 58.5 Å². The van der Waals surface area contributed by atoms with Crippen molar-refractivity contribution in [2.45, 2.75) is 44.7 Å². The number of rotatable bonds is 15. The Kier molecular flexibility index (Phi) is 12.0. The minimum Gasteiger partial charge on any atom is -0.497 e. The van der Waals surface area contributed by atoms with Crippen molar-refractivity contribution in [3.63, 3.8) is 0 Å². The second-order valence-corrected chi connectivity index (χ2v) is 13.6. The van der Waals surface area contributed by atoms with Crippen LogP contribution in [0.3, 0.4) is 0 Å². The van der Waals surface area contributed by atoms with Crippen LogP contribution in [0.2, 0.25) is 0 Å². The van der Waals surface area contributed by atoms with Gasteiger partial charge < -0.3 is 19.7 Å². The highest BCUT2D eigenvalue weighted by atomic mass is 32.2. The summed E-state index contributed by atoms with van der Waals surface area (Å²) < 4.78 is 40.5. The van der Waals surface area contributed by atoms with E-state index in [4.69, 9.17) is 9.47 Å². The molecule has 4 aromatic rings. The third-order valence-electron chi connectivity index (χ3n) is 7.67. The van der Waals surface area contributed by atoms with Crippen molar-refractivity contribution in [1.82, 2.24) is 10.2 Å². The van der Waals surface area contributed by atoms with Crippen molar-refractivity contribution in [2.75, 3.05) is 31.6 Å². The average Bonchev–Trinajstić information content (AvgIpc) is 3.08. The van der Waals surface area contributed by atoms with Crippen LogP contribution in [0.25, 0.3) is 0 Å².